The molecule has 108 valence electrons. The van der Waals surface area contributed by atoms with Gasteiger partial charge in [0.15, 0.2) is 0 Å². The number of allylic oxidation sites excluding steroid dienone is 11. The molecule has 0 saturated carbocycles. The molecule has 0 unspecified atom stereocenters. The van der Waals surface area contributed by atoms with Crippen molar-refractivity contribution in [3.05, 3.63) is 71.9 Å². The standard InChI is InChI=1S/C20H28/c1-8-17(12-11-16(2)3)20(6,7)18-10-9-14-19(4,5)15-13-18/h8-15H,1H2,2-7H3/b17-12+. The van der Waals surface area contributed by atoms with E-state index in [1.807, 2.05) is 6.08 Å². The molecule has 0 amide bonds. The fraction of sp³-hybridized carbons (Fsp3) is 0.400. The number of rotatable bonds is 4. The summed E-state index contributed by atoms with van der Waals surface area (Å²) in [4.78, 5) is 0. The van der Waals surface area contributed by atoms with E-state index in [2.05, 4.69) is 90.7 Å². The Hall–Kier alpha value is -1.56. The molecule has 0 aromatic carbocycles. The third-order valence-electron chi connectivity index (χ3n) is 3.75. The van der Waals surface area contributed by atoms with Crippen LogP contribution in [0.15, 0.2) is 71.9 Å². The molecular formula is C20H28. The average molecular weight is 268 g/mol. The van der Waals surface area contributed by atoms with Crippen LogP contribution in [0.5, 0.6) is 0 Å². The van der Waals surface area contributed by atoms with Crippen LogP contribution in [0.3, 0.4) is 0 Å². The fourth-order valence-corrected chi connectivity index (χ4v) is 2.19. The Bertz CT molecular complexity index is 510. The highest BCUT2D eigenvalue weighted by atomic mass is 14.3. The van der Waals surface area contributed by atoms with Crippen molar-refractivity contribution in [1.29, 1.82) is 0 Å². The Morgan fingerprint density at radius 2 is 1.80 bits per heavy atom. The molecule has 0 aromatic heterocycles. The van der Waals surface area contributed by atoms with Gasteiger partial charge in [0.25, 0.3) is 0 Å². The molecule has 0 N–H and O–H groups in total. The third-order valence-corrected chi connectivity index (χ3v) is 3.75. The van der Waals surface area contributed by atoms with Gasteiger partial charge < -0.3 is 0 Å². The summed E-state index contributed by atoms with van der Waals surface area (Å²) in [5.74, 6) is 0. The predicted molar refractivity (Wildman–Crippen MR) is 91.6 cm³/mol. The number of hydrogen-bond donors (Lipinski definition) is 0. The molecule has 0 saturated heterocycles. The van der Waals surface area contributed by atoms with E-state index in [1.165, 1.54) is 16.7 Å². The van der Waals surface area contributed by atoms with Gasteiger partial charge in [-0.2, -0.15) is 0 Å². The zero-order valence-corrected chi connectivity index (χ0v) is 13.8. The highest BCUT2D eigenvalue weighted by Crippen LogP contribution is 2.38. The van der Waals surface area contributed by atoms with Crippen LogP contribution < -0.4 is 0 Å². The van der Waals surface area contributed by atoms with Gasteiger partial charge in [0.2, 0.25) is 0 Å². The van der Waals surface area contributed by atoms with Crippen molar-refractivity contribution in [2.75, 3.05) is 0 Å². The molecule has 0 heterocycles. The van der Waals surface area contributed by atoms with Gasteiger partial charge in [-0.15, -0.1) is 0 Å². The fourth-order valence-electron chi connectivity index (χ4n) is 2.19. The topological polar surface area (TPSA) is 0 Å². The molecular weight excluding hydrogens is 240 g/mol. The highest BCUT2D eigenvalue weighted by molar-refractivity contribution is 5.44. The first-order valence-corrected chi connectivity index (χ1v) is 7.26. The smallest absolute Gasteiger partial charge is 0.0146 e. The van der Waals surface area contributed by atoms with Gasteiger partial charge in [-0.1, -0.05) is 88.5 Å². The van der Waals surface area contributed by atoms with Gasteiger partial charge in [0.1, 0.15) is 0 Å². The van der Waals surface area contributed by atoms with Crippen molar-refractivity contribution in [1.82, 2.24) is 0 Å². The predicted octanol–water partition coefficient (Wildman–Crippen LogP) is 6.17. The van der Waals surface area contributed by atoms with Crippen molar-refractivity contribution in [3.63, 3.8) is 0 Å². The van der Waals surface area contributed by atoms with Gasteiger partial charge in [-0.05, 0) is 25.0 Å². The van der Waals surface area contributed by atoms with E-state index >= 15 is 0 Å². The van der Waals surface area contributed by atoms with E-state index in [-0.39, 0.29) is 10.8 Å². The molecule has 20 heavy (non-hydrogen) atoms. The lowest BCUT2D eigenvalue weighted by Crippen LogP contribution is -2.16. The molecule has 0 radical (unpaired) electrons. The quantitative estimate of drug-likeness (QED) is 0.535. The second kappa shape index (κ2) is 6.26. The van der Waals surface area contributed by atoms with Crippen molar-refractivity contribution in [2.45, 2.75) is 41.5 Å². The number of hydrogen-bond acceptors (Lipinski definition) is 0. The first-order chi connectivity index (χ1) is 9.19. The maximum atomic E-state index is 3.99. The minimum absolute atomic E-state index is 0.0467. The van der Waals surface area contributed by atoms with E-state index in [1.54, 1.807) is 0 Å². The van der Waals surface area contributed by atoms with Gasteiger partial charge >= 0.3 is 0 Å². The second-order valence-electron chi connectivity index (χ2n) is 6.83. The van der Waals surface area contributed by atoms with Crippen molar-refractivity contribution in [3.8, 4) is 0 Å². The van der Waals surface area contributed by atoms with Crippen LogP contribution >= 0.6 is 0 Å². The Kier molecular flexibility index (Phi) is 5.16. The Balaban J connectivity index is 3.19. The van der Waals surface area contributed by atoms with Crippen LogP contribution in [0.1, 0.15) is 41.5 Å². The van der Waals surface area contributed by atoms with Crippen LogP contribution in [0, 0.1) is 10.8 Å². The zero-order chi connectivity index (χ0) is 15.4. The third kappa shape index (κ3) is 4.23. The van der Waals surface area contributed by atoms with Crippen LogP contribution in [-0.2, 0) is 0 Å². The second-order valence-corrected chi connectivity index (χ2v) is 6.83. The van der Waals surface area contributed by atoms with E-state index in [0.717, 1.165) is 0 Å². The molecule has 0 bridgehead atoms. The minimum Gasteiger partial charge on any atom is -0.0988 e. The SMILES string of the molecule is C=C/C(=C\C=C(C)C)C(C)(C)C1=CC=CC(C)(C)C=C1. The van der Waals surface area contributed by atoms with Crippen LogP contribution in [-0.4, -0.2) is 0 Å². The summed E-state index contributed by atoms with van der Waals surface area (Å²) in [5, 5.41) is 0. The van der Waals surface area contributed by atoms with Crippen LogP contribution in [0.2, 0.25) is 0 Å². The summed E-state index contributed by atoms with van der Waals surface area (Å²) in [6.45, 7) is 17.2. The molecule has 0 atom stereocenters. The van der Waals surface area contributed by atoms with E-state index in [9.17, 15) is 0 Å². The summed E-state index contributed by atoms with van der Waals surface area (Å²) >= 11 is 0. The van der Waals surface area contributed by atoms with E-state index < -0.39 is 0 Å². The molecule has 0 spiro atoms. The monoisotopic (exact) mass is 268 g/mol. The lowest BCUT2D eigenvalue weighted by Gasteiger charge is -2.28. The normalized spacial score (nSPS) is 18.3. The summed E-state index contributed by atoms with van der Waals surface area (Å²) in [6, 6.07) is 0. The summed E-state index contributed by atoms with van der Waals surface area (Å²) < 4.78 is 0. The summed E-state index contributed by atoms with van der Waals surface area (Å²) in [5.41, 5.74) is 3.92. The molecule has 1 aliphatic rings. The molecule has 0 nitrogen and oxygen atoms in total. The Labute approximate surface area is 125 Å². The van der Waals surface area contributed by atoms with Crippen molar-refractivity contribution >= 4 is 0 Å². The Morgan fingerprint density at radius 3 is 2.35 bits per heavy atom. The molecule has 0 fully saturated rings. The first-order valence-electron chi connectivity index (χ1n) is 7.26. The first kappa shape index (κ1) is 16.5. The highest BCUT2D eigenvalue weighted by Gasteiger charge is 2.25. The lowest BCUT2D eigenvalue weighted by atomic mass is 9.76. The van der Waals surface area contributed by atoms with Crippen molar-refractivity contribution in [2.24, 2.45) is 10.8 Å². The van der Waals surface area contributed by atoms with E-state index in [0.29, 0.717) is 0 Å². The lowest BCUT2D eigenvalue weighted by molar-refractivity contribution is 0.564. The molecule has 1 aliphatic carbocycles. The maximum Gasteiger partial charge on any atom is 0.0146 e. The molecule has 0 heteroatoms. The molecule has 0 aliphatic heterocycles. The van der Waals surface area contributed by atoms with Gasteiger partial charge in [0, 0.05) is 10.8 Å². The maximum absolute atomic E-state index is 3.99. The van der Waals surface area contributed by atoms with Crippen molar-refractivity contribution < 1.29 is 0 Å². The summed E-state index contributed by atoms with van der Waals surface area (Å²) in [7, 11) is 0. The van der Waals surface area contributed by atoms with Gasteiger partial charge in [-0.3, -0.25) is 0 Å². The minimum atomic E-state index is -0.0467. The Morgan fingerprint density at radius 1 is 1.15 bits per heavy atom. The van der Waals surface area contributed by atoms with E-state index in [4.69, 9.17) is 0 Å². The van der Waals surface area contributed by atoms with Crippen LogP contribution in [0.4, 0.5) is 0 Å². The average Bonchev–Trinajstić information content (AvgIpc) is 2.50. The zero-order valence-electron chi connectivity index (χ0n) is 13.8. The van der Waals surface area contributed by atoms with Gasteiger partial charge in [0.05, 0.1) is 0 Å². The summed E-state index contributed by atoms with van der Waals surface area (Å²) in [6.07, 6.45) is 17.4. The largest absolute Gasteiger partial charge is 0.0988 e. The molecule has 1 rings (SSSR count). The van der Waals surface area contributed by atoms with Gasteiger partial charge in [-0.25, -0.2) is 0 Å². The molecule has 0 aromatic rings. The van der Waals surface area contributed by atoms with Crippen LogP contribution in [0.25, 0.3) is 0 Å².